The van der Waals surface area contributed by atoms with Crippen molar-refractivity contribution in [3.8, 4) is 0 Å². The molecule has 2 aromatic rings. The number of urea groups is 1. The van der Waals surface area contributed by atoms with E-state index in [1.54, 1.807) is 10.9 Å². The maximum absolute atomic E-state index is 11.9. The SMILES string of the molecule is CCc1cc2c(cn1)c(N1CCC(=O)NC1=O)nn2C. The number of amides is 3. The number of hydrogen-bond acceptors (Lipinski definition) is 4. The third-order valence-corrected chi connectivity index (χ3v) is 3.44. The van der Waals surface area contributed by atoms with Crippen molar-refractivity contribution in [3.05, 3.63) is 18.0 Å². The first kappa shape index (κ1) is 12.6. The Bertz CT molecular complexity index is 706. The second-order valence-corrected chi connectivity index (χ2v) is 4.75. The number of aryl methyl sites for hydroxylation is 2. The van der Waals surface area contributed by atoms with Crippen LogP contribution in [-0.2, 0) is 18.3 Å². The number of fused-ring (bicyclic) bond motifs is 1. The lowest BCUT2D eigenvalue weighted by Gasteiger charge is -2.24. The summed E-state index contributed by atoms with van der Waals surface area (Å²) >= 11 is 0. The molecule has 1 fully saturated rings. The van der Waals surface area contributed by atoms with Crippen LogP contribution in [0.15, 0.2) is 12.3 Å². The molecule has 1 N–H and O–H groups in total. The van der Waals surface area contributed by atoms with E-state index < -0.39 is 6.03 Å². The number of carbonyl (C=O) groups excluding carboxylic acids is 2. The Kier molecular flexibility index (Phi) is 2.89. The Morgan fingerprint density at radius 3 is 2.90 bits per heavy atom. The van der Waals surface area contributed by atoms with Crippen LogP contribution in [0.1, 0.15) is 19.0 Å². The second kappa shape index (κ2) is 4.59. The molecule has 7 heteroatoms. The third-order valence-electron chi connectivity index (χ3n) is 3.44. The Morgan fingerprint density at radius 2 is 2.20 bits per heavy atom. The molecular weight excluding hydrogens is 258 g/mol. The molecule has 104 valence electrons. The van der Waals surface area contributed by atoms with Crippen molar-refractivity contribution in [1.82, 2.24) is 20.1 Å². The zero-order valence-corrected chi connectivity index (χ0v) is 11.4. The molecule has 0 unspecified atom stereocenters. The van der Waals surface area contributed by atoms with E-state index in [1.165, 1.54) is 4.90 Å². The average Bonchev–Trinajstić information content (AvgIpc) is 2.75. The Hall–Kier alpha value is -2.44. The number of aromatic nitrogens is 3. The van der Waals surface area contributed by atoms with Gasteiger partial charge in [0.1, 0.15) is 0 Å². The second-order valence-electron chi connectivity index (χ2n) is 4.75. The lowest BCUT2D eigenvalue weighted by molar-refractivity contribution is -0.120. The van der Waals surface area contributed by atoms with Gasteiger partial charge in [-0.25, -0.2) is 4.79 Å². The predicted molar refractivity (Wildman–Crippen MR) is 73.4 cm³/mol. The molecule has 20 heavy (non-hydrogen) atoms. The predicted octanol–water partition coefficient (Wildman–Crippen LogP) is 0.977. The zero-order chi connectivity index (χ0) is 14.3. The molecule has 1 saturated heterocycles. The van der Waals surface area contributed by atoms with Crippen LogP contribution >= 0.6 is 0 Å². The van der Waals surface area contributed by atoms with Crippen molar-refractivity contribution in [2.24, 2.45) is 7.05 Å². The minimum absolute atomic E-state index is 0.252. The largest absolute Gasteiger partial charge is 0.329 e. The number of carbonyl (C=O) groups is 2. The molecule has 3 heterocycles. The van der Waals surface area contributed by atoms with Gasteiger partial charge in [-0.3, -0.25) is 24.7 Å². The molecule has 0 atom stereocenters. The van der Waals surface area contributed by atoms with Gasteiger partial charge in [0.25, 0.3) is 0 Å². The molecule has 3 amide bonds. The minimum atomic E-state index is -0.430. The summed E-state index contributed by atoms with van der Waals surface area (Å²) in [4.78, 5) is 29.0. The normalized spacial score (nSPS) is 15.8. The van der Waals surface area contributed by atoms with Gasteiger partial charge in [0.15, 0.2) is 5.82 Å². The van der Waals surface area contributed by atoms with Gasteiger partial charge < -0.3 is 0 Å². The molecule has 0 spiro atoms. The van der Waals surface area contributed by atoms with Crippen LogP contribution in [0, 0.1) is 0 Å². The standard InChI is InChI=1S/C13H15N5O2/c1-3-8-6-10-9(7-14-8)12(16-17(10)2)18-5-4-11(19)15-13(18)20/h6-7H,3-5H2,1-2H3,(H,15,19,20). The minimum Gasteiger partial charge on any atom is -0.278 e. The van der Waals surface area contributed by atoms with Crippen molar-refractivity contribution >= 4 is 28.7 Å². The third kappa shape index (κ3) is 1.91. The Labute approximate surface area is 115 Å². The molecule has 2 aromatic heterocycles. The van der Waals surface area contributed by atoms with Crippen LogP contribution in [0.4, 0.5) is 10.6 Å². The van der Waals surface area contributed by atoms with Gasteiger partial charge in [-0.2, -0.15) is 5.10 Å². The lowest BCUT2D eigenvalue weighted by atomic mass is 10.2. The van der Waals surface area contributed by atoms with E-state index in [1.807, 2.05) is 20.0 Å². The van der Waals surface area contributed by atoms with E-state index in [0.717, 1.165) is 23.0 Å². The molecule has 0 saturated carbocycles. The molecule has 1 aliphatic heterocycles. The summed E-state index contributed by atoms with van der Waals surface area (Å²) in [5.41, 5.74) is 1.90. The number of anilines is 1. The topological polar surface area (TPSA) is 80.1 Å². The van der Waals surface area contributed by atoms with Gasteiger partial charge >= 0.3 is 6.03 Å². The van der Waals surface area contributed by atoms with Gasteiger partial charge in [0, 0.05) is 31.9 Å². The Balaban J connectivity index is 2.08. The lowest BCUT2D eigenvalue weighted by Crippen LogP contribution is -2.49. The van der Waals surface area contributed by atoms with Gasteiger partial charge in [-0.15, -0.1) is 0 Å². The number of imide groups is 1. The summed E-state index contributed by atoms with van der Waals surface area (Å²) in [6, 6.07) is 1.54. The summed E-state index contributed by atoms with van der Waals surface area (Å²) < 4.78 is 1.73. The fraction of sp³-hybridized carbons (Fsp3) is 0.385. The smallest absolute Gasteiger partial charge is 0.278 e. The molecular formula is C13H15N5O2. The van der Waals surface area contributed by atoms with Crippen molar-refractivity contribution < 1.29 is 9.59 Å². The maximum atomic E-state index is 11.9. The fourth-order valence-electron chi connectivity index (χ4n) is 2.34. The number of nitrogens with one attached hydrogen (secondary N) is 1. The van der Waals surface area contributed by atoms with Crippen LogP contribution in [0.2, 0.25) is 0 Å². The highest BCUT2D eigenvalue weighted by Gasteiger charge is 2.28. The first-order valence-electron chi connectivity index (χ1n) is 6.53. The monoisotopic (exact) mass is 273 g/mol. The Morgan fingerprint density at radius 1 is 1.40 bits per heavy atom. The van der Waals surface area contributed by atoms with E-state index in [9.17, 15) is 9.59 Å². The quantitative estimate of drug-likeness (QED) is 0.884. The van der Waals surface area contributed by atoms with E-state index in [4.69, 9.17) is 0 Å². The number of nitrogens with zero attached hydrogens (tertiary/aromatic N) is 4. The summed E-state index contributed by atoms with van der Waals surface area (Å²) in [5, 5.41) is 7.51. The molecule has 0 bridgehead atoms. The summed E-state index contributed by atoms with van der Waals surface area (Å²) in [5.74, 6) is 0.292. The van der Waals surface area contributed by atoms with E-state index in [2.05, 4.69) is 15.4 Å². The zero-order valence-electron chi connectivity index (χ0n) is 11.4. The molecule has 0 radical (unpaired) electrons. The highest BCUT2D eigenvalue weighted by molar-refractivity contribution is 6.08. The van der Waals surface area contributed by atoms with Crippen LogP contribution in [0.25, 0.3) is 10.9 Å². The van der Waals surface area contributed by atoms with Gasteiger partial charge in [0.05, 0.1) is 10.9 Å². The van der Waals surface area contributed by atoms with Gasteiger partial charge in [-0.05, 0) is 12.5 Å². The van der Waals surface area contributed by atoms with Gasteiger partial charge in [-0.1, -0.05) is 6.92 Å². The average molecular weight is 273 g/mol. The van der Waals surface area contributed by atoms with Gasteiger partial charge in [0.2, 0.25) is 5.91 Å². The first-order chi connectivity index (χ1) is 9.60. The number of pyridine rings is 1. The molecule has 0 aliphatic carbocycles. The summed E-state index contributed by atoms with van der Waals surface area (Å²) in [7, 11) is 1.83. The number of rotatable bonds is 2. The van der Waals surface area contributed by atoms with Crippen molar-refractivity contribution in [1.29, 1.82) is 0 Å². The van der Waals surface area contributed by atoms with E-state index in [0.29, 0.717) is 12.4 Å². The first-order valence-corrected chi connectivity index (χ1v) is 6.53. The highest BCUT2D eigenvalue weighted by atomic mass is 16.2. The van der Waals surface area contributed by atoms with Crippen molar-refractivity contribution in [3.63, 3.8) is 0 Å². The van der Waals surface area contributed by atoms with Crippen LogP contribution in [0.5, 0.6) is 0 Å². The highest BCUT2D eigenvalue weighted by Crippen LogP contribution is 2.26. The number of hydrogen-bond donors (Lipinski definition) is 1. The van der Waals surface area contributed by atoms with E-state index in [-0.39, 0.29) is 12.3 Å². The van der Waals surface area contributed by atoms with Crippen LogP contribution in [0.3, 0.4) is 0 Å². The maximum Gasteiger partial charge on any atom is 0.329 e. The van der Waals surface area contributed by atoms with Crippen LogP contribution in [-0.4, -0.2) is 33.2 Å². The molecule has 1 aliphatic rings. The van der Waals surface area contributed by atoms with Crippen molar-refractivity contribution in [2.75, 3.05) is 11.4 Å². The molecule has 3 rings (SSSR count). The summed E-state index contributed by atoms with van der Waals surface area (Å²) in [6.45, 7) is 2.38. The molecule has 7 nitrogen and oxygen atoms in total. The summed E-state index contributed by atoms with van der Waals surface area (Å²) in [6.07, 6.45) is 2.86. The molecule has 0 aromatic carbocycles. The van der Waals surface area contributed by atoms with E-state index >= 15 is 0 Å². The fourth-order valence-corrected chi connectivity index (χ4v) is 2.34. The van der Waals surface area contributed by atoms with Crippen molar-refractivity contribution in [2.45, 2.75) is 19.8 Å². The van der Waals surface area contributed by atoms with Crippen LogP contribution < -0.4 is 10.2 Å².